The van der Waals surface area contributed by atoms with Crippen LogP contribution in [-0.4, -0.2) is 67.4 Å². The second kappa shape index (κ2) is 6.70. The Morgan fingerprint density at radius 2 is 1.78 bits per heavy atom. The molecule has 0 bridgehead atoms. The van der Waals surface area contributed by atoms with Gasteiger partial charge in [0.15, 0.2) is 0 Å². The van der Waals surface area contributed by atoms with Gasteiger partial charge in [-0.2, -0.15) is 0 Å². The van der Waals surface area contributed by atoms with Crippen molar-refractivity contribution in [2.45, 2.75) is 19.9 Å². The molecule has 1 aliphatic heterocycles. The van der Waals surface area contributed by atoms with Crippen LogP contribution >= 0.6 is 0 Å². The summed E-state index contributed by atoms with van der Waals surface area (Å²) in [5.74, 6) is 0.180. The number of nitrogens with two attached hydrogens (primary N) is 1. The highest BCUT2D eigenvalue weighted by Crippen LogP contribution is 2.07. The van der Waals surface area contributed by atoms with Crippen molar-refractivity contribution in [1.82, 2.24) is 15.1 Å². The number of carbonyl (C=O) groups excluding carboxylic acids is 2. The summed E-state index contributed by atoms with van der Waals surface area (Å²) in [6.45, 7) is 7.05. The number of hydrogen-bond donors (Lipinski definition) is 2. The van der Waals surface area contributed by atoms with Crippen LogP contribution in [0.4, 0.5) is 0 Å². The van der Waals surface area contributed by atoms with Crippen LogP contribution in [-0.2, 0) is 9.59 Å². The van der Waals surface area contributed by atoms with E-state index >= 15 is 0 Å². The van der Waals surface area contributed by atoms with E-state index in [1.807, 2.05) is 18.7 Å². The van der Waals surface area contributed by atoms with Crippen LogP contribution in [0.5, 0.6) is 0 Å². The van der Waals surface area contributed by atoms with Crippen LogP contribution in [0.15, 0.2) is 0 Å². The molecule has 104 valence electrons. The molecule has 1 fully saturated rings. The fourth-order valence-electron chi connectivity index (χ4n) is 1.90. The van der Waals surface area contributed by atoms with E-state index in [-0.39, 0.29) is 17.7 Å². The van der Waals surface area contributed by atoms with E-state index < -0.39 is 6.04 Å². The Kier molecular flexibility index (Phi) is 5.55. The van der Waals surface area contributed by atoms with Gasteiger partial charge < -0.3 is 16.0 Å². The predicted octanol–water partition coefficient (Wildman–Crippen LogP) is -1.14. The standard InChI is InChI=1S/C12H24N4O2/c1-9(2)11(13)12(18)16-6-4-15(5-7-16)8-10(17)14-3/h9,11H,4-8,13H2,1-3H3,(H,14,17). The summed E-state index contributed by atoms with van der Waals surface area (Å²) in [7, 11) is 1.63. The third kappa shape index (κ3) is 3.96. The molecule has 1 aliphatic rings. The van der Waals surface area contributed by atoms with E-state index in [0.29, 0.717) is 19.6 Å². The van der Waals surface area contributed by atoms with Crippen LogP contribution in [0, 0.1) is 5.92 Å². The van der Waals surface area contributed by atoms with Gasteiger partial charge in [-0.25, -0.2) is 0 Å². The lowest BCUT2D eigenvalue weighted by Gasteiger charge is -2.36. The van der Waals surface area contributed by atoms with Crippen LogP contribution in [0.3, 0.4) is 0 Å². The fraction of sp³-hybridized carbons (Fsp3) is 0.833. The molecular formula is C12H24N4O2. The van der Waals surface area contributed by atoms with E-state index in [2.05, 4.69) is 5.32 Å². The Labute approximate surface area is 108 Å². The van der Waals surface area contributed by atoms with Crippen molar-refractivity contribution in [2.24, 2.45) is 11.7 Å². The molecule has 1 rings (SSSR count). The summed E-state index contributed by atoms with van der Waals surface area (Å²) in [4.78, 5) is 27.1. The minimum Gasteiger partial charge on any atom is -0.358 e. The lowest BCUT2D eigenvalue weighted by Crippen LogP contribution is -2.55. The third-order valence-corrected chi connectivity index (χ3v) is 3.33. The first kappa shape index (κ1) is 14.9. The molecule has 1 unspecified atom stereocenters. The number of amides is 2. The summed E-state index contributed by atoms with van der Waals surface area (Å²) in [6.07, 6.45) is 0. The monoisotopic (exact) mass is 256 g/mol. The van der Waals surface area contributed by atoms with Crippen molar-refractivity contribution < 1.29 is 9.59 Å². The Bertz CT molecular complexity index is 298. The summed E-state index contributed by atoms with van der Waals surface area (Å²) >= 11 is 0. The van der Waals surface area contributed by atoms with Gasteiger partial charge in [0.1, 0.15) is 0 Å². The third-order valence-electron chi connectivity index (χ3n) is 3.33. The van der Waals surface area contributed by atoms with Crippen molar-refractivity contribution in [1.29, 1.82) is 0 Å². The first-order valence-electron chi connectivity index (χ1n) is 6.43. The summed E-state index contributed by atoms with van der Waals surface area (Å²) in [5, 5.41) is 2.60. The summed E-state index contributed by atoms with van der Waals surface area (Å²) < 4.78 is 0. The van der Waals surface area contributed by atoms with Gasteiger partial charge >= 0.3 is 0 Å². The van der Waals surface area contributed by atoms with E-state index in [1.165, 1.54) is 0 Å². The molecule has 18 heavy (non-hydrogen) atoms. The van der Waals surface area contributed by atoms with Crippen molar-refractivity contribution >= 4 is 11.8 Å². The zero-order valence-corrected chi connectivity index (χ0v) is 11.5. The first-order valence-corrected chi connectivity index (χ1v) is 6.43. The van der Waals surface area contributed by atoms with Gasteiger partial charge in [0.25, 0.3) is 0 Å². The largest absolute Gasteiger partial charge is 0.358 e. The maximum atomic E-state index is 12.0. The van der Waals surface area contributed by atoms with Gasteiger partial charge in [0, 0.05) is 33.2 Å². The first-order chi connectivity index (χ1) is 8.45. The fourth-order valence-corrected chi connectivity index (χ4v) is 1.90. The molecule has 2 amide bonds. The van der Waals surface area contributed by atoms with Crippen LogP contribution in [0.1, 0.15) is 13.8 Å². The molecule has 6 heteroatoms. The number of hydrogen-bond acceptors (Lipinski definition) is 4. The lowest BCUT2D eigenvalue weighted by molar-refractivity contribution is -0.135. The quantitative estimate of drug-likeness (QED) is 0.666. The molecule has 3 N–H and O–H groups in total. The Morgan fingerprint density at radius 1 is 1.22 bits per heavy atom. The number of rotatable bonds is 4. The summed E-state index contributed by atoms with van der Waals surface area (Å²) in [6, 6.07) is -0.421. The normalized spacial score (nSPS) is 18.8. The molecule has 0 radical (unpaired) electrons. The lowest BCUT2D eigenvalue weighted by atomic mass is 10.0. The van der Waals surface area contributed by atoms with Crippen molar-refractivity contribution in [3.8, 4) is 0 Å². The molecular weight excluding hydrogens is 232 g/mol. The van der Waals surface area contributed by atoms with Crippen LogP contribution in [0.25, 0.3) is 0 Å². The highest BCUT2D eigenvalue weighted by Gasteiger charge is 2.27. The molecule has 0 spiro atoms. The Balaban J connectivity index is 2.39. The van der Waals surface area contributed by atoms with Gasteiger partial charge in [-0.1, -0.05) is 13.8 Å². The summed E-state index contributed by atoms with van der Waals surface area (Å²) in [5.41, 5.74) is 5.86. The molecule has 0 aromatic rings. The number of carbonyl (C=O) groups is 2. The van der Waals surface area contributed by atoms with Crippen molar-refractivity contribution in [2.75, 3.05) is 39.8 Å². The topological polar surface area (TPSA) is 78.7 Å². The van der Waals surface area contributed by atoms with E-state index in [9.17, 15) is 9.59 Å². The van der Waals surface area contributed by atoms with Gasteiger partial charge in [0.05, 0.1) is 12.6 Å². The van der Waals surface area contributed by atoms with E-state index in [4.69, 9.17) is 5.73 Å². The maximum absolute atomic E-state index is 12.0. The van der Waals surface area contributed by atoms with Crippen LogP contribution in [0.2, 0.25) is 0 Å². The minimum atomic E-state index is -0.421. The molecule has 0 aromatic carbocycles. The molecule has 6 nitrogen and oxygen atoms in total. The zero-order chi connectivity index (χ0) is 13.7. The second-order valence-corrected chi connectivity index (χ2v) is 5.04. The average molecular weight is 256 g/mol. The average Bonchev–Trinajstić information content (AvgIpc) is 2.37. The number of likely N-dealkylation sites (N-methyl/N-ethyl adjacent to an activating group) is 1. The molecule has 1 atom stereocenters. The van der Waals surface area contributed by atoms with Crippen LogP contribution < -0.4 is 11.1 Å². The SMILES string of the molecule is CNC(=O)CN1CCN(C(=O)C(N)C(C)C)CC1. The molecule has 0 aromatic heterocycles. The number of nitrogens with zero attached hydrogens (tertiary/aromatic N) is 2. The minimum absolute atomic E-state index is 0.00802. The molecule has 1 heterocycles. The van der Waals surface area contributed by atoms with Gasteiger partial charge in [-0.15, -0.1) is 0 Å². The Morgan fingerprint density at radius 3 is 2.22 bits per heavy atom. The highest BCUT2D eigenvalue weighted by molar-refractivity contribution is 5.82. The highest BCUT2D eigenvalue weighted by atomic mass is 16.2. The second-order valence-electron chi connectivity index (χ2n) is 5.04. The molecule has 1 saturated heterocycles. The molecule has 0 saturated carbocycles. The van der Waals surface area contributed by atoms with Crippen molar-refractivity contribution in [3.05, 3.63) is 0 Å². The number of nitrogens with one attached hydrogen (secondary N) is 1. The van der Waals surface area contributed by atoms with Crippen molar-refractivity contribution in [3.63, 3.8) is 0 Å². The predicted molar refractivity (Wildman–Crippen MR) is 69.9 cm³/mol. The maximum Gasteiger partial charge on any atom is 0.239 e. The van der Waals surface area contributed by atoms with Gasteiger partial charge in [0.2, 0.25) is 11.8 Å². The van der Waals surface area contributed by atoms with Gasteiger partial charge in [-0.05, 0) is 5.92 Å². The van der Waals surface area contributed by atoms with Gasteiger partial charge in [-0.3, -0.25) is 14.5 Å². The smallest absolute Gasteiger partial charge is 0.239 e. The molecule has 0 aliphatic carbocycles. The zero-order valence-electron chi connectivity index (χ0n) is 11.5. The van der Waals surface area contributed by atoms with E-state index in [1.54, 1.807) is 11.9 Å². The Hall–Kier alpha value is -1.14. The number of piperazine rings is 1. The van der Waals surface area contributed by atoms with E-state index in [0.717, 1.165) is 13.1 Å².